The number of aliphatic carboxylic acids is 1. The van der Waals surface area contributed by atoms with Gasteiger partial charge in [-0.05, 0) is 31.6 Å². The number of nitrogens with zero attached hydrogens (tertiary/aromatic N) is 1. The number of primary amides is 1. The van der Waals surface area contributed by atoms with Gasteiger partial charge >= 0.3 is 5.97 Å². The quantitative estimate of drug-likeness (QED) is 0.0251. The van der Waals surface area contributed by atoms with Crippen LogP contribution in [-0.2, 0) is 38.4 Å². The number of amides is 7. The molecule has 0 saturated heterocycles. The zero-order chi connectivity index (χ0) is 38.6. The van der Waals surface area contributed by atoms with Crippen LogP contribution in [0.25, 0.3) is 0 Å². The first kappa shape index (κ1) is 44.9. The molecule has 0 unspecified atom stereocenters. The number of nitrogens with two attached hydrogens (primary N) is 3. The molecule has 0 aliphatic heterocycles. The van der Waals surface area contributed by atoms with E-state index in [1.807, 2.05) is 0 Å². The molecule has 6 atom stereocenters. The van der Waals surface area contributed by atoms with Crippen molar-refractivity contribution in [3.05, 3.63) is 0 Å². The molecule has 22 nitrogen and oxygen atoms in total. The normalized spacial score (nSPS) is 14.4. The summed E-state index contributed by atoms with van der Waals surface area (Å²) in [7, 11) is 0. The summed E-state index contributed by atoms with van der Waals surface area (Å²) >= 11 is 0. The number of aliphatic hydroxyl groups is 3. The molecule has 22 heteroatoms. The second kappa shape index (κ2) is 23.3. The third-order valence-electron chi connectivity index (χ3n) is 6.72. The molecule has 0 saturated carbocycles. The lowest BCUT2D eigenvalue weighted by molar-refractivity contribution is -0.143. The summed E-state index contributed by atoms with van der Waals surface area (Å²) in [5.74, 6) is -8.43. The molecule has 0 bridgehead atoms. The highest BCUT2D eigenvalue weighted by Crippen LogP contribution is 2.06. The van der Waals surface area contributed by atoms with Gasteiger partial charge in [-0.1, -0.05) is 13.8 Å². The van der Waals surface area contributed by atoms with Gasteiger partial charge in [-0.25, -0.2) is 4.79 Å². The fourth-order valence-corrected chi connectivity index (χ4v) is 4.21. The van der Waals surface area contributed by atoms with Crippen LogP contribution in [0.5, 0.6) is 0 Å². The zero-order valence-corrected chi connectivity index (χ0v) is 28.1. The second-order valence-electron chi connectivity index (χ2n) is 11.5. The lowest BCUT2D eigenvalue weighted by Gasteiger charge is -2.26. The molecule has 0 spiro atoms. The van der Waals surface area contributed by atoms with Crippen LogP contribution >= 0.6 is 0 Å². The predicted octanol–water partition coefficient (Wildman–Crippen LogP) is -6.66. The molecule has 0 rings (SSSR count). The molecule has 0 heterocycles. The van der Waals surface area contributed by atoms with Crippen molar-refractivity contribution >= 4 is 53.3 Å². The smallest absolute Gasteiger partial charge is 0.326 e. The molecule has 0 aromatic heterocycles. The van der Waals surface area contributed by atoms with E-state index < -0.39 is 103 Å². The Kier molecular flexibility index (Phi) is 20.9. The fourth-order valence-electron chi connectivity index (χ4n) is 4.21. The third-order valence-corrected chi connectivity index (χ3v) is 6.72. The van der Waals surface area contributed by atoms with Gasteiger partial charge in [-0.15, -0.1) is 0 Å². The molecule has 0 aromatic rings. The topological polar surface area (TPSA) is 380 Å². The highest BCUT2D eigenvalue weighted by Gasteiger charge is 2.33. The van der Waals surface area contributed by atoms with E-state index in [1.165, 1.54) is 0 Å². The highest BCUT2D eigenvalue weighted by molar-refractivity contribution is 5.97. The lowest BCUT2D eigenvalue weighted by atomic mass is 10.0. The van der Waals surface area contributed by atoms with Gasteiger partial charge < -0.3 is 69.5 Å². The maximum Gasteiger partial charge on any atom is 0.326 e. The minimum absolute atomic E-state index is 0.00818. The van der Waals surface area contributed by atoms with Crippen LogP contribution in [0.15, 0.2) is 4.99 Å². The van der Waals surface area contributed by atoms with E-state index in [0.29, 0.717) is 0 Å². The Morgan fingerprint density at radius 2 is 0.980 bits per heavy atom. The van der Waals surface area contributed by atoms with Gasteiger partial charge in [0.25, 0.3) is 0 Å². The van der Waals surface area contributed by atoms with Crippen LogP contribution < -0.4 is 49.1 Å². The lowest BCUT2D eigenvalue weighted by Crippen LogP contribution is -2.61. The molecular weight excluding hydrogens is 668 g/mol. The van der Waals surface area contributed by atoms with Crippen LogP contribution in [0.4, 0.5) is 0 Å². The highest BCUT2D eigenvalue weighted by atomic mass is 16.4. The summed E-state index contributed by atoms with van der Waals surface area (Å²) in [4.78, 5) is 103. The number of guanidine groups is 1. The maximum atomic E-state index is 13.3. The van der Waals surface area contributed by atoms with E-state index in [-0.39, 0.29) is 50.5 Å². The van der Waals surface area contributed by atoms with Crippen molar-refractivity contribution in [2.24, 2.45) is 28.1 Å². The number of aliphatic imine (C=N–C) groups is 1. The van der Waals surface area contributed by atoms with E-state index >= 15 is 0 Å². The summed E-state index contributed by atoms with van der Waals surface area (Å²) in [5, 5.41) is 52.1. The molecule has 0 aromatic carbocycles. The van der Waals surface area contributed by atoms with E-state index in [9.17, 15) is 58.8 Å². The number of nitrogens with one attached hydrogen (secondary N) is 6. The SMILES string of the molecule is CC(=O)N[C@@H](CCC(N)=O)C(=O)N[C@@H](CO)C(=O)N[C@@H](CCCN=C(N)N)C(=O)N[C@@H](CO)C(=O)N[C@@H](CO)C(=O)N[C@@H](CC(C)C)C(=O)O. The standard InChI is InChI=1S/C28H50N10O12/c1-13(2)9-17(27(49)50)35-25(47)19(11-40)38-26(48)20(12-41)36-22(44)15(5-4-8-32-28(30)31)34-24(46)18(10-39)37-23(45)16(33-14(3)42)6-7-21(29)43/h13,15-20,39-41H,4-12H2,1-3H3,(H2,29,43)(H,33,42)(H,34,46)(H,35,47)(H,36,44)(H,37,45)(H,38,48)(H,49,50)(H4,30,31,32)/t15-,16-,17-,18-,19-,20-/m0/s1. The molecular formula is C28H50N10O12. The van der Waals surface area contributed by atoms with Gasteiger partial charge in [0.05, 0.1) is 19.8 Å². The third kappa shape index (κ3) is 17.9. The number of carbonyl (C=O) groups excluding carboxylic acids is 7. The second-order valence-corrected chi connectivity index (χ2v) is 11.5. The Hall–Kier alpha value is -5.09. The summed E-state index contributed by atoms with van der Waals surface area (Å²) in [5.41, 5.74) is 15.7. The number of hydrogen-bond acceptors (Lipinski definition) is 12. The van der Waals surface area contributed by atoms with Crippen LogP contribution in [0.1, 0.15) is 52.9 Å². The first-order valence-corrected chi connectivity index (χ1v) is 15.5. The molecule has 0 aliphatic carbocycles. The van der Waals surface area contributed by atoms with Crippen LogP contribution in [0, 0.1) is 5.92 Å². The summed E-state index contributed by atoms with van der Waals surface area (Å²) in [6.45, 7) is 1.56. The van der Waals surface area contributed by atoms with Gasteiger partial charge in [0.1, 0.15) is 36.3 Å². The number of carbonyl (C=O) groups is 8. The zero-order valence-electron chi connectivity index (χ0n) is 28.1. The molecule has 50 heavy (non-hydrogen) atoms. The summed E-state index contributed by atoms with van der Waals surface area (Å²) < 4.78 is 0. The molecule has 0 fully saturated rings. The Balaban J connectivity index is 5.89. The molecule has 284 valence electrons. The van der Waals surface area contributed by atoms with Gasteiger partial charge in [0, 0.05) is 19.9 Å². The van der Waals surface area contributed by atoms with E-state index in [2.05, 4.69) is 36.9 Å². The van der Waals surface area contributed by atoms with Crippen molar-refractivity contribution in [1.29, 1.82) is 0 Å². The van der Waals surface area contributed by atoms with E-state index in [0.717, 1.165) is 6.92 Å². The van der Waals surface area contributed by atoms with Gasteiger partial charge in [0.2, 0.25) is 41.4 Å². The largest absolute Gasteiger partial charge is 0.480 e. The van der Waals surface area contributed by atoms with Crippen LogP contribution in [0.3, 0.4) is 0 Å². The van der Waals surface area contributed by atoms with Crippen molar-refractivity contribution in [2.75, 3.05) is 26.4 Å². The van der Waals surface area contributed by atoms with Gasteiger partial charge in [0.15, 0.2) is 5.96 Å². The first-order valence-electron chi connectivity index (χ1n) is 15.5. The Morgan fingerprint density at radius 3 is 1.32 bits per heavy atom. The Labute approximate surface area is 287 Å². The molecule has 0 aliphatic rings. The van der Waals surface area contributed by atoms with Crippen molar-refractivity contribution in [3.63, 3.8) is 0 Å². The number of carboxylic acid groups (broad SMARTS) is 1. The van der Waals surface area contributed by atoms with Crippen molar-refractivity contribution in [2.45, 2.75) is 89.1 Å². The number of carboxylic acids is 1. The van der Waals surface area contributed by atoms with Crippen molar-refractivity contribution < 1.29 is 58.8 Å². The Bertz CT molecular complexity index is 1230. The first-order chi connectivity index (χ1) is 23.4. The minimum Gasteiger partial charge on any atom is -0.480 e. The molecule has 0 radical (unpaired) electrons. The molecule has 7 amide bonds. The number of rotatable bonds is 24. The predicted molar refractivity (Wildman–Crippen MR) is 174 cm³/mol. The average molecular weight is 719 g/mol. The minimum atomic E-state index is -1.75. The summed E-state index contributed by atoms with van der Waals surface area (Å²) in [6.07, 6.45) is -0.575. The van der Waals surface area contributed by atoms with E-state index in [4.69, 9.17) is 17.2 Å². The van der Waals surface area contributed by atoms with Crippen LogP contribution in [-0.4, -0.2) is 136 Å². The average Bonchev–Trinajstić information content (AvgIpc) is 3.02. The number of aliphatic hydroxyl groups excluding tert-OH is 3. The summed E-state index contributed by atoms with van der Waals surface area (Å²) in [6, 6.07) is -9.22. The maximum absolute atomic E-state index is 13.3. The van der Waals surface area contributed by atoms with Crippen LogP contribution in [0.2, 0.25) is 0 Å². The van der Waals surface area contributed by atoms with Gasteiger partial charge in [-0.3, -0.25) is 38.6 Å². The fraction of sp³-hybridized carbons (Fsp3) is 0.679. The van der Waals surface area contributed by atoms with Gasteiger partial charge in [-0.2, -0.15) is 0 Å². The van der Waals surface area contributed by atoms with E-state index in [1.54, 1.807) is 13.8 Å². The van der Waals surface area contributed by atoms with Crippen molar-refractivity contribution in [3.8, 4) is 0 Å². The number of hydrogen-bond donors (Lipinski definition) is 13. The Morgan fingerprint density at radius 1 is 0.600 bits per heavy atom. The monoisotopic (exact) mass is 718 g/mol. The van der Waals surface area contributed by atoms with Crippen molar-refractivity contribution in [1.82, 2.24) is 31.9 Å². The molecule has 16 N–H and O–H groups in total.